The summed E-state index contributed by atoms with van der Waals surface area (Å²) in [4.78, 5) is 12.0. The van der Waals surface area contributed by atoms with Crippen LogP contribution in [0.4, 0.5) is 0 Å². The molecule has 2 aromatic rings. The maximum atomic E-state index is 12.0. The second kappa shape index (κ2) is 4.52. The van der Waals surface area contributed by atoms with Gasteiger partial charge in [0, 0.05) is 7.11 Å². The molecule has 3 rings (SSSR count). The molecule has 0 spiro atoms. The summed E-state index contributed by atoms with van der Waals surface area (Å²) in [7, 11) is 1.54. The Bertz CT molecular complexity index is 579. The molecule has 1 fully saturated rings. The zero-order valence-corrected chi connectivity index (χ0v) is 10.6. The molecule has 3 nitrogen and oxygen atoms in total. The number of rotatable bonds is 3. The molecule has 0 aliphatic carbocycles. The maximum absolute atomic E-state index is 12.0. The molecule has 2 atom stereocenters. The summed E-state index contributed by atoms with van der Waals surface area (Å²) in [6, 6.07) is 19.1. The number of hydrogen-bond acceptors (Lipinski definition) is 3. The fourth-order valence-electron chi connectivity index (χ4n) is 2.52. The molecular weight excluding hydrogens is 240 g/mol. The maximum Gasteiger partial charge on any atom is 0.348 e. The third-order valence-corrected chi connectivity index (χ3v) is 3.52. The summed E-state index contributed by atoms with van der Waals surface area (Å²) in [6.45, 7) is 0. The zero-order valence-electron chi connectivity index (χ0n) is 10.6. The minimum atomic E-state index is -1.03. The number of cyclic esters (lactones) is 1. The van der Waals surface area contributed by atoms with Crippen molar-refractivity contribution in [3.8, 4) is 0 Å². The monoisotopic (exact) mass is 254 g/mol. The predicted octanol–water partition coefficient (Wildman–Crippen LogP) is 2.83. The van der Waals surface area contributed by atoms with E-state index in [-0.39, 0.29) is 5.97 Å². The van der Waals surface area contributed by atoms with Crippen molar-refractivity contribution < 1.29 is 14.3 Å². The normalized spacial score (nSPS) is 25.5. The third-order valence-electron chi connectivity index (χ3n) is 3.52. The van der Waals surface area contributed by atoms with Gasteiger partial charge in [-0.05, 0) is 11.1 Å². The molecule has 1 heterocycles. The summed E-state index contributed by atoms with van der Waals surface area (Å²) >= 11 is 0. The fourth-order valence-corrected chi connectivity index (χ4v) is 2.52. The summed E-state index contributed by atoms with van der Waals surface area (Å²) < 4.78 is 10.9. The molecule has 0 unspecified atom stereocenters. The highest BCUT2D eigenvalue weighted by atomic mass is 16.6. The zero-order chi connectivity index (χ0) is 13.3. The van der Waals surface area contributed by atoms with Crippen molar-refractivity contribution in [2.45, 2.75) is 11.7 Å². The van der Waals surface area contributed by atoms with Crippen molar-refractivity contribution in [3.05, 3.63) is 71.8 Å². The smallest absolute Gasteiger partial charge is 0.348 e. The number of esters is 1. The lowest BCUT2D eigenvalue weighted by molar-refractivity contribution is -0.243. The van der Waals surface area contributed by atoms with Crippen LogP contribution in [-0.2, 0) is 19.9 Å². The van der Waals surface area contributed by atoms with Crippen LogP contribution in [0.3, 0.4) is 0 Å². The van der Waals surface area contributed by atoms with Crippen LogP contribution in [0.5, 0.6) is 0 Å². The van der Waals surface area contributed by atoms with Crippen LogP contribution in [-0.4, -0.2) is 13.1 Å². The lowest BCUT2D eigenvalue weighted by Gasteiger charge is -2.45. The third kappa shape index (κ3) is 1.66. The summed E-state index contributed by atoms with van der Waals surface area (Å²) in [5.74, 6) is -0.338. The van der Waals surface area contributed by atoms with Crippen molar-refractivity contribution >= 4 is 5.97 Å². The molecule has 96 valence electrons. The van der Waals surface area contributed by atoms with Gasteiger partial charge in [-0.1, -0.05) is 60.7 Å². The molecule has 1 aliphatic heterocycles. The molecule has 19 heavy (non-hydrogen) atoms. The van der Waals surface area contributed by atoms with E-state index < -0.39 is 11.7 Å². The molecule has 2 aromatic carbocycles. The molecule has 0 saturated carbocycles. The van der Waals surface area contributed by atoms with Gasteiger partial charge in [0.15, 0.2) is 6.10 Å². The van der Waals surface area contributed by atoms with Gasteiger partial charge in [-0.2, -0.15) is 0 Å². The van der Waals surface area contributed by atoms with Gasteiger partial charge in [0.25, 0.3) is 0 Å². The van der Waals surface area contributed by atoms with E-state index in [2.05, 4.69) is 0 Å². The number of carbonyl (C=O) groups excluding carboxylic acids is 1. The SMILES string of the molecule is CO[C@@]1(c2ccccc2)C(=O)O[C@@H]1c1ccccc1. The Balaban J connectivity index is 2.07. The van der Waals surface area contributed by atoms with Gasteiger partial charge in [-0.25, -0.2) is 4.79 Å². The van der Waals surface area contributed by atoms with E-state index in [1.54, 1.807) is 7.11 Å². The van der Waals surface area contributed by atoms with Gasteiger partial charge in [-0.15, -0.1) is 0 Å². The van der Waals surface area contributed by atoms with E-state index in [0.717, 1.165) is 11.1 Å². The average Bonchev–Trinajstić information content (AvgIpc) is 2.48. The quantitative estimate of drug-likeness (QED) is 0.790. The summed E-state index contributed by atoms with van der Waals surface area (Å²) in [6.07, 6.45) is -0.395. The second-order valence-electron chi connectivity index (χ2n) is 4.50. The molecule has 0 radical (unpaired) electrons. The summed E-state index contributed by atoms with van der Waals surface area (Å²) in [5, 5.41) is 0. The Morgan fingerprint density at radius 3 is 2.11 bits per heavy atom. The van der Waals surface area contributed by atoms with Crippen LogP contribution >= 0.6 is 0 Å². The van der Waals surface area contributed by atoms with Crippen LogP contribution in [0.25, 0.3) is 0 Å². The first-order valence-electron chi connectivity index (χ1n) is 6.16. The van der Waals surface area contributed by atoms with Crippen molar-refractivity contribution in [2.24, 2.45) is 0 Å². The van der Waals surface area contributed by atoms with E-state index in [1.807, 2.05) is 60.7 Å². The van der Waals surface area contributed by atoms with E-state index in [9.17, 15) is 4.79 Å². The Kier molecular flexibility index (Phi) is 2.84. The standard InChI is InChI=1S/C16H14O3/c1-18-16(13-10-6-3-7-11-13)14(19-15(16)17)12-8-4-2-5-9-12/h2-11,14H,1H3/t14-,16-/m1/s1. The topological polar surface area (TPSA) is 35.5 Å². The van der Waals surface area contributed by atoms with E-state index in [0.29, 0.717) is 0 Å². The molecule has 0 amide bonds. The molecule has 0 bridgehead atoms. The first kappa shape index (κ1) is 11.9. The minimum Gasteiger partial charge on any atom is -0.451 e. The van der Waals surface area contributed by atoms with E-state index in [4.69, 9.17) is 9.47 Å². The van der Waals surface area contributed by atoms with Crippen LogP contribution in [0, 0.1) is 0 Å². The number of carbonyl (C=O) groups is 1. The molecule has 1 aliphatic rings. The van der Waals surface area contributed by atoms with Crippen molar-refractivity contribution in [2.75, 3.05) is 7.11 Å². The van der Waals surface area contributed by atoms with Crippen molar-refractivity contribution in [1.29, 1.82) is 0 Å². The Labute approximate surface area is 111 Å². The Morgan fingerprint density at radius 1 is 1.00 bits per heavy atom. The first-order chi connectivity index (χ1) is 9.29. The van der Waals surface area contributed by atoms with E-state index in [1.165, 1.54) is 0 Å². The van der Waals surface area contributed by atoms with Crippen molar-refractivity contribution in [1.82, 2.24) is 0 Å². The van der Waals surface area contributed by atoms with Gasteiger partial charge in [-0.3, -0.25) is 0 Å². The molecule has 0 aromatic heterocycles. The van der Waals surface area contributed by atoms with Gasteiger partial charge in [0.05, 0.1) is 0 Å². The lowest BCUT2D eigenvalue weighted by atomic mass is 9.80. The minimum absolute atomic E-state index is 0.338. The average molecular weight is 254 g/mol. The molecule has 3 heteroatoms. The molecular formula is C16H14O3. The van der Waals surface area contributed by atoms with Crippen LogP contribution in [0.1, 0.15) is 17.2 Å². The Morgan fingerprint density at radius 2 is 1.58 bits per heavy atom. The molecule has 1 saturated heterocycles. The van der Waals surface area contributed by atoms with Crippen LogP contribution in [0.15, 0.2) is 60.7 Å². The van der Waals surface area contributed by atoms with Gasteiger partial charge in [0.2, 0.25) is 5.60 Å². The first-order valence-corrected chi connectivity index (χ1v) is 6.16. The Hall–Kier alpha value is -2.13. The fraction of sp³-hybridized carbons (Fsp3) is 0.188. The highest BCUT2D eigenvalue weighted by molar-refractivity contribution is 5.88. The van der Waals surface area contributed by atoms with E-state index >= 15 is 0 Å². The predicted molar refractivity (Wildman–Crippen MR) is 70.4 cm³/mol. The highest BCUT2D eigenvalue weighted by Crippen LogP contribution is 2.49. The molecule has 0 N–H and O–H groups in total. The van der Waals surface area contributed by atoms with Gasteiger partial charge in [0.1, 0.15) is 0 Å². The lowest BCUT2D eigenvalue weighted by Crippen LogP contribution is -2.55. The number of methoxy groups -OCH3 is 1. The van der Waals surface area contributed by atoms with Crippen molar-refractivity contribution in [3.63, 3.8) is 0 Å². The largest absolute Gasteiger partial charge is 0.451 e. The highest BCUT2D eigenvalue weighted by Gasteiger charge is 2.60. The van der Waals surface area contributed by atoms with Crippen LogP contribution in [0.2, 0.25) is 0 Å². The number of ether oxygens (including phenoxy) is 2. The summed E-state index contributed by atoms with van der Waals surface area (Å²) in [5.41, 5.74) is 0.734. The number of hydrogen-bond donors (Lipinski definition) is 0. The van der Waals surface area contributed by atoms with Gasteiger partial charge >= 0.3 is 5.97 Å². The van der Waals surface area contributed by atoms with Crippen LogP contribution < -0.4 is 0 Å². The second-order valence-corrected chi connectivity index (χ2v) is 4.50. The van der Waals surface area contributed by atoms with Gasteiger partial charge < -0.3 is 9.47 Å². The number of benzene rings is 2.